The normalized spacial score (nSPS) is 12.1. The number of rotatable bonds is 6. The van der Waals surface area contributed by atoms with E-state index in [0.29, 0.717) is 11.1 Å². The van der Waals surface area contributed by atoms with Gasteiger partial charge < -0.3 is 9.47 Å². The van der Waals surface area contributed by atoms with Gasteiger partial charge in [-0.05, 0) is 37.1 Å². The monoisotopic (exact) mass is 291 g/mol. The quantitative estimate of drug-likeness (QED) is 0.803. The van der Waals surface area contributed by atoms with Gasteiger partial charge in [-0.2, -0.15) is 0 Å². The van der Waals surface area contributed by atoms with E-state index in [1.165, 1.54) is 26.4 Å². The molecule has 0 aromatic heterocycles. The largest absolute Gasteiger partial charge is 0.355 e. The first-order valence-electron chi connectivity index (χ1n) is 5.63. The van der Waals surface area contributed by atoms with Gasteiger partial charge in [0.15, 0.2) is 6.29 Å². The van der Waals surface area contributed by atoms with Crippen molar-refractivity contribution in [3.05, 3.63) is 29.1 Å². The van der Waals surface area contributed by atoms with Crippen LogP contribution >= 0.6 is 0 Å². The van der Waals surface area contributed by atoms with E-state index in [4.69, 9.17) is 9.47 Å². The summed E-state index contributed by atoms with van der Waals surface area (Å²) in [5, 5.41) is 0. The Balaban J connectivity index is 3.01. The molecule has 1 N–H and O–H groups in total. The second-order valence-electron chi connectivity index (χ2n) is 4.12. The SMILES string of the molecule is COC(CNS(=O)(=O)c1c(C)cc(F)cc1C)OC. The molecule has 5 nitrogen and oxygen atoms in total. The van der Waals surface area contributed by atoms with Crippen LogP contribution in [0.4, 0.5) is 4.39 Å². The molecule has 0 bridgehead atoms. The van der Waals surface area contributed by atoms with Crippen molar-refractivity contribution in [3.8, 4) is 0 Å². The standard InChI is InChI=1S/C12H18FNO4S/c1-8-5-10(13)6-9(2)12(8)19(15,16)14-7-11(17-3)18-4/h5-6,11,14H,7H2,1-4H3. The Morgan fingerprint density at radius 1 is 1.21 bits per heavy atom. The van der Waals surface area contributed by atoms with Crippen LogP contribution < -0.4 is 4.72 Å². The van der Waals surface area contributed by atoms with Crippen molar-refractivity contribution in [1.29, 1.82) is 0 Å². The number of aryl methyl sites for hydroxylation is 2. The molecule has 0 aliphatic carbocycles. The van der Waals surface area contributed by atoms with Crippen molar-refractivity contribution in [1.82, 2.24) is 4.72 Å². The molecule has 0 aliphatic heterocycles. The fourth-order valence-electron chi connectivity index (χ4n) is 1.83. The molecule has 0 spiro atoms. The first kappa shape index (κ1) is 16.0. The van der Waals surface area contributed by atoms with E-state index in [9.17, 15) is 12.8 Å². The topological polar surface area (TPSA) is 64.6 Å². The summed E-state index contributed by atoms with van der Waals surface area (Å²) in [6, 6.07) is 2.37. The predicted molar refractivity (Wildman–Crippen MR) is 68.9 cm³/mol. The molecule has 1 aromatic rings. The number of halogens is 1. The fourth-order valence-corrected chi connectivity index (χ4v) is 3.30. The summed E-state index contributed by atoms with van der Waals surface area (Å²) in [4.78, 5) is 0.0832. The molecule has 0 atom stereocenters. The minimum absolute atomic E-state index is 0.0222. The summed E-state index contributed by atoms with van der Waals surface area (Å²) in [6.07, 6.45) is -0.671. The van der Waals surface area contributed by atoms with Crippen LogP contribution in [0.5, 0.6) is 0 Å². The molecule has 0 saturated carbocycles. The van der Waals surface area contributed by atoms with Crippen LogP contribution in [0, 0.1) is 19.7 Å². The van der Waals surface area contributed by atoms with Crippen LogP contribution in [0.15, 0.2) is 17.0 Å². The van der Waals surface area contributed by atoms with Crippen molar-refractivity contribution < 1.29 is 22.3 Å². The molecule has 0 heterocycles. The maximum atomic E-state index is 13.2. The van der Waals surface area contributed by atoms with Crippen molar-refractivity contribution >= 4 is 10.0 Å². The molecule has 108 valence electrons. The van der Waals surface area contributed by atoms with Gasteiger partial charge in [0.25, 0.3) is 0 Å². The minimum Gasteiger partial charge on any atom is -0.355 e. The van der Waals surface area contributed by atoms with Crippen molar-refractivity contribution in [2.24, 2.45) is 0 Å². The zero-order valence-electron chi connectivity index (χ0n) is 11.4. The highest BCUT2D eigenvalue weighted by Gasteiger charge is 2.21. The van der Waals surface area contributed by atoms with Gasteiger partial charge in [0.05, 0.1) is 11.4 Å². The lowest BCUT2D eigenvalue weighted by atomic mass is 10.1. The lowest BCUT2D eigenvalue weighted by Gasteiger charge is -2.16. The van der Waals surface area contributed by atoms with Gasteiger partial charge in [-0.3, -0.25) is 0 Å². The molecule has 0 saturated heterocycles. The number of hydrogen-bond acceptors (Lipinski definition) is 4. The highest BCUT2D eigenvalue weighted by molar-refractivity contribution is 7.89. The second kappa shape index (κ2) is 6.42. The molecule has 1 rings (SSSR count). The molecule has 0 amide bonds. The minimum atomic E-state index is -3.73. The number of methoxy groups -OCH3 is 2. The Labute approximate surface area is 112 Å². The molecule has 1 aromatic carbocycles. The summed E-state index contributed by atoms with van der Waals surface area (Å²) in [5.74, 6) is -0.458. The maximum Gasteiger partial charge on any atom is 0.241 e. The molecular weight excluding hydrogens is 273 g/mol. The van der Waals surface area contributed by atoms with Crippen molar-refractivity contribution in [3.63, 3.8) is 0 Å². The summed E-state index contributed by atoms with van der Waals surface area (Å²) >= 11 is 0. The third-order valence-electron chi connectivity index (χ3n) is 2.66. The Hall–Kier alpha value is -1.02. The van der Waals surface area contributed by atoms with Crippen LogP contribution in [0.2, 0.25) is 0 Å². The second-order valence-corrected chi connectivity index (χ2v) is 5.83. The van der Waals surface area contributed by atoms with E-state index in [1.807, 2.05) is 0 Å². The van der Waals surface area contributed by atoms with Gasteiger partial charge in [0.2, 0.25) is 10.0 Å². The number of sulfonamides is 1. The van der Waals surface area contributed by atoms with Gasteiger partial charge in [-0.1, -0.05) is 0 Å². The molecule has 0 unspecified atom stereocenters. The van der Waals surface area contributed by atoms with Crippen LogP contribution in [0.1, 0.15) is 11.1 Å². The summed E-state index contributed by atoms with van der Waals surface area (Å²) in [7, 11) is -0.903. The van der Waals surface area contributed by atoms with Gasteiger partial charge >= 0.3 is 0 Å². The van der Waals surface area contributed by atoms with Gasteiger partial charge in [0.1, 0.15) is 5.82 Å². The maximum absolute atomic E-state index is 13.2. The number of hydrogen-bond donors (Lipinski definition) is 1. The molecule has 0 radical (unpaired) electrons. The molecule has 0 aliphatic rings. The van der Waals surface area contributed by atoms with Crippen LogP contribution in [0.25, 0.3) is 0 Å². The summed E-state index contributed by atoms with van der Waals surface area (Å²) < 4.78 is 49.7. The third-order valence-corrected chi connectivity index (χ3v) is 4.39. The Kier molecular flexibility index (Phi) is 5.42. The molecule has 0 fully saturated rings. The number of ether oxygens (including phenoxy) is 2. The van der Waals surface area contributed by atoms with E-state index in [2.05, 4.69) is 4.72 Å². The van der Waals surface area contributed by atoms with Crippen molar-refractivity contribution in [2.75, 3.05) is 20.8 Å². The van der Waals surface area contributed by atoms with Gasteiger partial charge in [0, 0.05) is 14.2 Å². The lowest BCUT2D eigenvalue weighted by molar-refractivity contribution is -0.0960. The Morgan fingerprint density at radius 3 is 2.11 bits per heavy atom. The van der Waals surface area contributed by atoms with Crippen LogP contribution in [-0.2, 0) is 19.5 Å². The summed E-state index contributed by atoms with van der Waals surface area (Å²) in [5.41, 5.74) is 0.716. The zero-order chi connectivity index (χ0) is 14.6. The smallest absolute Gasteiger partial charge is 0.241 e. The molecule has 7 heteroatoms. The predicted octanol–water partition coefficient (Wildman–Crippen LogP) is 1.34. The average Bonchev–Trinajstić information content (AvgIpc) is 2.28. The van der Waals surface area contributed by atoms with Gasteiger partial charge in [-0.25, -0.2) is 17.5 Å². The van der Waals surface area contributed by atoms with E-state index < -0.39 is 22.1 Å². The number of nitrogens with one attached hydrogen (secondary N) is 1. The Bertz CT molecular complexity index is 518. The average molecular weight is 291 g/mol. The molecular formula is C12H18FNO4S. The van der Waals surface area contributed by atoms with E-state index in [-0.39, 0.29) is 11.4 Å². The van der Waals surface area contributed by atoms with Crippen LogP contribution in [0.3, 0.4) is 0 Å². The Morgan fingerprint density at radius 2 is 1.68 bits per heavy atom. The highest BCUT2D eigenvalue weighted by Crippen LogP contribution is 2.21. The third kappa shape index (κ3) is 3.97. The van der Waals surface area contributed by atoms with E-state index in [1.54, 1.807) is 13.8 Å². The van der Waals surface area contributed by atoms with E-state index >= 15 is 0 Å². The van der Waals surface area contributed by atoms with Crippen LogP contribution in [-0.4, -0.2) is 35.5 Å². The zero-order valence-corrected chi connectivity index (χ0v) is 12.2. The number of benzene rings is 1. The lowest BCUT2D eigenvalue weighted by Crippen LogP contribution is -2.34. The first-order valence-corrected chi connectivity index (χ1v) is 7.12. The van der Waals surface area contributed by atoms with Gasteiger partial charge in [-0.15, -0.1) is 0 Å². The summed E-state index contributed by atoms with van der Waals surface area (Å²) in [6.45, 7) is 3.08. The highest BCUT2D eigenvalue weighted by atomic mass is 32.2. The fraction of sp³-hybridized carbons (Fsp3) is 0.500. The van der Waals surface area contributed by atoms with Crippen molar-refractivity contribution in [2.45, 2.75) is 25.0 Å². The molecule has 19 heavy (non-hydrogen) atoms. The first-order chi connectivity index (χ1) is 8.81. The van der Waals surface area contributed by atoms with E-state index in [0.717, 1.165) is 0 Å².